The van der Waals surface area contributed by atoms with Gasteiger partial charge in [0.05, 0.1) is 11.7 Å². The van der Waals surface area contributed by atoms with Crippen molar-refractivity contribution in [2.45, 2.75) is 39.2 Å². The van der Waals surface area contributed by atoms with Crippen LogP contribution in [0.5, 0.6) is 0 Å². The first-order valence-corrected chi connectivity index (χ1v) is 11.5. The second kappa shape index (κ2) is 11.3. The Labute approximate surface area is 208 Å². The summed E-state index contributed by atoms with van der Waals surface area (Å²) in [5.41, 5.74) is 3.29. The highest BCUT2D eigenvalue weighted by atomic mass is 127. The van der Waals surface area contributed by atoms with Crippen molar-refractivity contribution in [3.8, 4) is 0 Å². The molecule has 2 fully saturated rings. The molecule has 176 valence electrons. The molecule has 0 saturated carbocycles. The number of guanidine groups is 1. The van der Waals surface area contributed by atoms with Gasteiger partial charge in [0.1, 0.15) is 5.65 Å². The van der Waals surface area contributed by atoms with Gasteiger partial charge in [-0.2, -0.15) is 0 Å². The Hall–Kier alpha value is -1.88. The van der Waals surface area contributed by atoms with Crippen LogP contribution in [0.4, 0.5) is 0 Å². The number of nitrogens with one attached hydrogen (secondary N) is 1. The predicted octanol–water partition coefficient (Wildman–Crippen LogP) is 2.01. The molecule has 32 heavy (non-hydrogen) atoms. The van der Waals surface area contributed by atoms with Crippen LogP contribution < -0.4 is 5.32 Å². The Balaban J connectivity index is 0.00000289. The first kappa shape index (κ1) is 24.8. The molecule has 2 aliphatic heterocycles. The zero-order valence-electron chi connectivity index (χ0n) is 19.5. The van der Waals surface area contributed by atoms with Gasteiger partial charge in [-0.1, -0.05) is 6.07 Å². The number of aromatic nitrogens is 2. The predicted molar refractivity (Wildman–Crippen MR) is 139 cm³/mol. The number of imidazole rings is 1. The fourth-order valence-corrected chi connectivity index (χ4v) is 4.64. The number of amides is 1. The van der Waals surface area contributed by atoms with Crippen molar-refractivity contribution in [1.82, 2.24) is 29.4 Å². The second-order valence-electron chi connectivity index (χ2n) is 8.61. The van der Waals surface area contributed by atoms with Crippen LogP contribution in [0.15, 0.2) is 29.5 Å². The molecule has 2 saturated heterocycles. The lowest BCUT2D eigenvalue weighted by Gasteiger charge is -2.39. The zero-order chi connectivity index (χ0) is 21.8. The summed E-state index contributed by atoms with van der Waals surface area (Å²) in [5, 5.41) is 3.49. The molecule has 0 aromatic carbocycles. The van der Waals surface area contributed by atoms with Crippen molar-refractivity contribution in [3.63, 3.8) is 0 Å². The van der Waals surface area contributed by atoms with Crippen molar-refractivity contribution in [2.75, 3.05) is 52.9 Å². The summed E-state index contributed by atoms with van der Waals surface area (Å²) < 4.78 is 2.09. The first-order chi connectivity index (χ1) is 15.1. The third kappa shape index (κ3) is 5.54. The summed E-state index contributed by atoms with van der Waals surface area (Å²) in [7, 11) is 1.84. The van der Waals surface area contributed by atoms with Crippen molar-refractivity contribution in [3.05, 3.63) is 35.8 Å². The number of piperazine rings is 1. The molecule has 0 bridgehead atoms. The number of aryl methyl sites for hydroxylation is 1. The van der Waals surface area contributed by atoms with Gasteiger partial charge in [0.25, 0.3) is 0 Å². The molecule has 4 rings (SSSR count). The Bertz CT molecular complexity index is 930. The minimum Gasteiger partial charge on any atom is -0.356 e. The van der Waals surface area contributed by atoms with E-state index in [-0.39, 0.29) is 35.9 Å². The van der Waals surface area contributed by atoms with Gasteiger partial charge in [0.2, 0.25) is 5.91 Å². The normalized spacial score (nSPS) is 18.7. The minimum atomic E-state index is -0.0336. The lowest BCUT2D eigenvalue weighted by atomic mass is 10.2. The topological polar surface area (TPSA) is 68.5 Å². The van der Waals surface area contributed by atoms with E-state index in [4.69, 9.17) is 4.98 Å². The van der Waals surface area contributed by atoms with Crippen molar-refractivity contribution in [2.24, 2.45) is 4.99 Å². The smallest absolute Gasteiger partial charge is 0.239 e. The Kier molecular flexibility index (Phi) is 8.75. The van der Waals surface area contributed by atoms with Gasteiger partial charge in [-0.15, -0.1) is 24.0 Å². The average Bonchev–Trinajstić information content (AvgIpc) is 3.47. The molecule has 1 N–H and O–H groups in total. The summed E-state index contributed by atoms with van der Waals surface area (Å²) >= 11 is 0. The molecule has 0 spiro atoms. The molecule has 1 atom stereocenters. The molecular weight excluding hydrogens is 517 g/mol. The van der Waals surface area contributed by atoms with Crippen molar-refractivity contribution < 1.29 is 4.79 Å². The number of fused-ring (bicyclic) bond motifs is 1. The number of hydrogen-bond acceptors (Lipinski definition) is 4. The first-order valence-electron chi connectivity index (χ1n) is 11.5. The van der Waals surface area contributed by atoms with Gasteiger partial charge in [0, 0.05) is 71.7 Å². The number of hydrogen-bond donors (Lipinski definition) is 1. The molecule has 8 nitrogen and oxygen atoms in total. The van der Waals surface area contributed by atoms with E-state index < -0.39 is 0 Å². The van der Waals surface area contributed by atoms with E-state index in [0.717, 1.165) is 82.4 Å². The number of carbonyl (C=O) groups excluding carboxylic acids is 1. The van der Waals surface area contributed by atoms with Crippen LogP contribution in [0, 0.1) is 6.92 Å². The second-order valence-corrected chi connectivity index (χ2v) is 8.61. The van der Waals surface area contributed by atoms with Crippen LogP contribution in [0.2, 0.25) is 0 Å². The standard InChI is InChI=1S/C23H35N7O.HI/c1-18-7-6-12-30-17-20(26-21(18)30)8-9-25-23(24-3)29-15-13-27(14-16-29)19(2)22(31)28-10-4-5-11-28;/h6-7,12,17,19H,4-5,8-11,13-16H2,1-3H3,(H,24,25);1H. The van der Waals surface area contributed by atoms with Gasteiger partial charge in [0.15, 0.2) is 5.96 Å². The quantitative estimate of drug-likeness (QED) is 0.349. The summed E-state index contributed by atoms with van der Waals surface area (Å²) in [6.07, 6.45) is 7.28. The monoisotopic (exact) mass is 553 g/mol. The highest BCUT2D eigenvalue weighted by Gasteiger charge is 2.30. The van der Waals surface area contributed by atoms with E-state index in [1.807, 2.05) is 24.2 Å². The molecular formula is C23H36IN7O. The highest BCUT2D eigenvalue weighted by Crippen LogP contribution is 2.14. The molecule has 2 aromatic heterocycles. The molecule has 1 amide bonds. The summed E-state index contributed by atoms with van der Waals surface area (Å²) in [4.78, 5) is 28.6. The molecule has 4 heterocycles. The van der Waals surface area contributed by atoms with Crippen LogP contribution in [-0.4, -0.2) is 94.9 Å². The number of rotatable bonds is 5. The summed E-state index contributed by atoms with van der Waals surface area (Å²) in [6, 6.07) is 4.10. The van der Waals surface area contributed by atoms with Crippen molar-refractivity contribution in [1.29, 1.82) is 0 Å². The van der Waals surface area contributed by atoms with E-state index in [2.05, 4.69) is 50.6 Å². The lowest BCUT2D eigenvalue weighted by molar-refractivity contribution is -0.135. The Morgan fingerprint density at radius 1 is 1.16 bits per heavy atom. The highest BCUT2D eigenvalue weighted by molar-refractivity contribution is 14.0. The van der Waals surface area contributed by atoms with Gasteiger partial charge < -0.3 is 19.5 Å². The van der Waals surface area contributed by atoms with E-state index in [1.54, 1.807) is 0 Å². The zero-order valence-corrected chi connectivity index (χ0v) is 21.8. The van der Waals surface area contributed by atoms with Crippen LogP contribution in [-0.2, 0) is 11.2 Å². The molecule has 1 unspecified atom stereocenters. The lowest BCUT2D eigenvalue weighted by Crippen LogP contribution is -2.57. The van der Waals surface area contributed by atoms with E-state index >= 15 is 0 Å². The van der Waals surface area contributed by atoms with E-state index in [1.165, 1.54) is 5.56 Å². The molecule has 0 radical (unpaired) electrons. The fraction of sp³-hybridized carbons (Fsp3) is 0.609. The van der Waals surface area contributed by atoms with Gasteiger partial charge in [-0.25, -0.2) is 4.98 Å². The van der Waals surface area contributed by atoms with Crippen molar-refractivity contribution >= 4 is 41.5 Å². The van der Waals surface area contributed by atoms with E-state index in [9.17, 15) is 4.79 Å². The van der Waals surface area contributed by atoms with Crippen LogP contribution in [0.25, 0.3) is 5.65 Å². The number of aliphatic imine (C=N–C) groups is 1. The molecule has 9 heteroatoms. The molecule has 2 aromatic rings. The maximum absolute atomic E-state index is 12.7. The number of likely N-dealkylation sites (tertiary alicyclic amines) is 1. The van der Waals surface area contributed by atoms with Gasteiger partial charge >= 0.3 is 0 Å². The third-order valence-corrected chi connectivity index (χ3v) is 6.54. The molecule has 0 aliphatic carbocycles. The fourth-order valence-electron chi connectivity index (χ4n) is 4.64. The third-order valence-electron chi connectivity index (χ3n) is 6.54. The number of pyridine rings is 1. The van der Waals surface area contributed by atoms with Gasteiger partial charge in [-0.3, -0.25) is 14.7 Å². The minimum absolute atomic E-state index is 0. The van der Waals surface area contributed by atoms with Crippen LogP contribution in [0.3, 0.4) is 0 Å². The average molecular weight is 553 g/mol. The van der Waals surface area contributed by atoms with Gasteiger partial charge in [-0.05, 0) is 38.3 Å². The Morgan fingerprint density at radius 3 is 2.53 bits per heavy atom. The number of nitrogens with zero attached hydrogens (tertiary/aromatic N) is 6. The largest absolute Gasteiger partial charge is 0.356 e. The molecule has 2 aliphatic rings. The Morgan fingerprint density at radius 2 is 1.88 bits per heavy atom. The van der Waals surface area contributed by atoms with Crippen LogP contribution in [0.1, 0.15) is 31.0 Å². The number of halogens is 1. The SMILES string of the molecule is CN=C(NCCc1cn2cccc(C)c2n1)N1CCN(C(C)C(=O)N2CCCC2)CC1.I. The maximum atomic E-state index is 12.7. The number of carbonyl (C=O) groups is 1. The summed E-state index contributed by atoms with van der Waals surface area (Å²) in [5.74, 6) is 1.22. The van der Waals surface area contributed by atoms with E-state index in [0.29, 0.717) is 0 Å². The maximum Gasteiger partial charge on any atom is 0.239 e. The van der Waals surface area contributed by atoms with Crippen LogP contribution >= 0.6 is 24.0 Å². The summed E-state index contributed by atoms with van der Waals surface area (Å²) in [6.45, 7) is 10.3.